The Morgan fingerprint density at radius 3 is 2.19 bits per heavy atom. The van der Waals surface area contributed by atoms with Crippen LogP contribution in [0.5, 0.6) is 0 Å². The van der Waals surface area contributed by atoms with Crippen molar-refractivity contribution in [1.82, 2.24) is 0 Å². The minimum atomic E-state index is -5.08. The van der Waals surface area contributed by atoms with E-state index in [0.29, 0.717) is 17.5 Å². The Morgan fingerprint density at radius 1 is 0.963 bits per heavy atom. The molecule has 1 unspecified atom stereocenters. The fourth-order valence-corrected chi connectivity index (χ4v) is 3.72. The maximum Gasteiger partial charge on any atom is 0.422 e. The number of halogens is 5. The Bertz CT molecular complexity index is 831. The van der Waals surface area contributed by atoms with Crippen LogP contribution >= 0.6 is 0 Å². The molecule has 0 saturated heterocycles. The molecule has 0 bridgehead atoms. The molecule has 2 aromatic carbocycles. The van der Waals surface area contributed by atoms with Crippen molar-refractivity contribution in [1.29, 1.82) is 0 Å². The highest BCUT2D eigenvalue weighted by Crippen LogP contribution is 2.38. The Balaban J connectivity index is 1.87. The fourth-order valence-electron chi connectivity index (χ4n) is 3.72. The quantitative estimate of drug-likeness (QED) is 0.478. The van der Waals surface area contributed by atoms with Crippen LogP contribution in [-0.4, -0.2) is 0 Å². The monoisotopic (exact) mass is 380 g/mol. The van der Waals surface area contributed by atoms with Gasteiger partial charge >= 0.3 is 6.18 Å². The summed E-state index contributed by atoms with van der Waals surface area (Å²) >= 11 is 0. The molecule has 2 aromatic rings. The molecule has 0 aliphatic heterocycles. The summed E-state index contributed by atoms with van der Waals surface area (Å²) in [5.41, 5.74) is 0.399. The summed E-state index contributed by atoms with van der Waals surface area (Å²) in [4.78, 5) is 0. The topological polar surface area (TPSA) is 0 Å². The van der Waals surface area contributed by atoms with Crippen LogP contribution in [0.3, 0.4) is 0 Å². The second-order valence-corrected chi connectivity index (χ2v) is 7.02. The first-order chi connectivity index (χ1) is 12.8. The number of rotatable bonds is 4. The molecule has 0 nitrogen and oxygen atoms in total. The van der Waals surface area contributed by atoms with Gasteiger partial charge in [-0.3, -0.25) is 0 Å². The molecule has 0 saturated carbocycles. The lowest BCUT2D eigenvalue weighted by atomic mass is 9.84. The number of hydrogen-bond acceptors (Lipinski definition) is 0. The van der Waals surface area contributed by atoms with Gasteiger partial charge in [-0.25, -0.2) is 8.78 Å². The van der Waals surface area contributed by atoms with E-state index in [1.165, 1.54) is 18.4 Å². The van der Waals surface area contributed by atoms with E-state index in [2.05, 4.69) is 13.0 Å². The van der Waals surface area contributed by atoms with Crippen LogP contribution in [0.2, 0.25) is 0 Å². The zero-order valence-electron chi connectivity index (χ0n) is 15.0. The van der Waals surface area contributed by atoms with E-state index in [9.17, 15) is 22.0 Å². The summed E-state index contributed by atoms with van der Waals surface area (Å²) in [6, 6.07) is 8.46. The zero-order valence-corrected chi connectivity index (χ0v) is 15.0. The maximum absolute atomic E-state index is 14.3. The third-order valence-electron chi connectivity index (χ3n) is 5.16. The van der Waals surface area contributed by atoms with Crippen molar-refractivity contribution in [2.24, 2.45) is 5.92 Å². The van der Waals surface area contributed by atoms with Crippen molar-refractivity contribution < 1.29 is 22.0 Å². The second-order valence-electron chi connectivity index (χ2n) is 7.02. The minimum Gasteiger partial charge on any atom is -0.206 e. The first-order valence-corrected chi connectivity index (χ1v) is 9.16. The van der Waals surface area contributed by atoms with Gasteiger partial charge in [0.2, 0.25) is 0 Å². The van der Waals surface area contributed by atoms with Crippen molar-refractivity contribution in [3.05, 3.63) is 65.2 Å². The summed E-state index contributed by atoms with van der Waals surface area (Å²) < 4.78 is 66.5. The van der Waals surface area contributed by atoms with Gasteiger partial charge < -0.3 is 0 Å². The van der Waals surface area contributed by atoms with Gasteiger partial charge in [0.1, 0.15) is 17.2 Å². The van der Waals surface area contributed by atoms with E-state index in [-0.39, 0.29) is 5.56 Å². The lowest BCUT2D eigenvalue weighted by Gasteiger charge is -2.21. The smallest absolute Gasteiger partial charge is 0.206 e. The van der Waals surface area contributed by atoms with Crippen molar-refractivity contribution in [3.63, 3.8) is 0 Å². The SMILES string of the molecule is CCCC1CC=C(c2ccc(-c3ccc(F)c(C(F)(F)F)c3F)cc2)CC1. The molecule has 5 heteroatoms. The highest BCUT2D eigenvalue weighted by Gasteiger charge is 2.38. The third-order valence-corrected chi connectivity index (χ3v) is 5.16. The summed E-state index contributed by atoms with van der Waals surface area (Å²) in [6.07, 6.45) is 2.66. The van der Waals surface area contributed by atoms with Gasteiger partial charge in [-0.1, -0.05) is 50.1 Å². The minimum absolute atomic E-state index is 0.254. The summed E-state index contributed by atoms with van der Waals surface area (Å²) in [6.45, 7) is 2.18. The standard InChI is InChI=1S/C22H21F5/c1-2-3-14-4-6-15(7-5-14)16-8-10-17(11-9-16)18-12-13-19(23)20(21(18)24)22(25,26)27/h6,8-14H,2-5,7H2,1H3. The van der Waals surface area contributed by atoms with Crippen molar-refractivity contribution in [3.8, 4) is 11.1 Å². The van der Waals surface area contributed by atoms with Crippen LogP contribution in [0.15, 0.2) is 42.5 Å². The lowest BCUT2D eigenvalue weighted by molar-refractivity contribution is -0.142. The van der Waals surface area contributed by atoms with Gasteiger partial charge in [0.05, 0.1) is 0 Å². The van der Waals surface area contributed by atoms with Gasteiger partial charge in [0.25, 0.3) is 0 Å². The predicted octanol–water partition coefficient (Wildman–Crippen LogP) is 7.63. The van der Waals surface area contributed by atoms with Crippen LogP contribution in [0.4, 0.5) is 22.0 Å². The van der Waals surface area contributed by atoms with E-state index < -0.39 is 23.4 Å². The maximum atomic E-state index is 14.3. The van der Waals surface area contributed by atoms with Gasteiger partial charge in [-0.15, -0.1) is 0 Å². The van der Waals surface area contributed by atoms with Crippen molar-refractivity contribution in [2.75, 3.05) is 0 Å². The van der Waals surface area contributed by atoms with Crippen LogP contribution in [0, 0.1) is 17.6 Å². The van der Waals surface area contributed by atoms with E-state index in [0.717, 1.165) is 30.9 Å². The molecule has 1 atom stereocenters. The first-order valence-electron chi connectivity index (χ1n) is 9.16. The first kappa shape index (κ1) is 19.6. The lowest BCUT2D eigenvalue weighted by Crippen LogP contribution is -2.12. The van der Waals surface area contributed by atoms with E-state index in [4.69, 9.17) is 0 Å². The highest BCUT2D eigenvalue weighted by molar-refractivity contribution is 5.71. The van der Waals surface area contributed by atoms with E-state index in [1.807, 2.05) is 0 Å². The molecule has 0 N–H and O–H groups in total. The van der Waals surface area contributed by atoms with Gasteiger partial charge in [0, 0.05) is 5.56 Å². The molecular weight excluding hydrogens is 359 g/mol. The molecule has 0 heterocycles. The number of hydrogen-bond donors (Lipinski definition) is 0. The Morgan fingerprint density at radius 2 is 1.63 bits per heavy atom. The molecule has 1 aliphatic rings. The molecule has 0 amide bonds. The summed E-state index contributed by atoms with van der Waals surface area (Å²) in [5, 5.41) is 0. The molecule has 27 heavy (non-hydrogen) atoms. The Kier molecular flexibility index (Phi) is 5.68. The van der Waals surface area contributed by atoms with Crippen LogP contribution in [-0.2, 0) is 6.18 Å². The molecule has 0 radical (unpaired) electrons. The normalized spacial score (nSPS) is 17.7. The second kappa shape index (κ2) is 7.83. The molecule has 0 aromatic heterocycles. The molecule has 0 fully saturated rings. The molecular formula is C22H21F5. The molecule has 144 valence electrons. The zero-order chi connectivity index (χ0) is 19.6. The van der Waals surface area contributed by atoms with Crippen molar-refractivity contribution >= 4 is 5.57 Å². The average Bonchev–Trinajstić information content (AvgIpc) is 2.62. The number of allylic oxidation sites excluding steroid dienone is 2. The van der Waals surface area contributed by atoms with Crippen LogP contribution < -0.4 is 0 Å². The van der Waals surface area contributed by atoms with Gasteiger partial charge in [0.15, 0.2) is 0 Å². The highest BCUT2D eigenvalue weighted by atomic mass is 19.4. The largest absolute Gasteiger partial charge is 0.422 e. The molecule has 1 aliphatic carbocycles. The van der Waals surface area contributed by atoms with Gasteiger partial charge in [-0.05, 0) is 54.0 Å². The third kappa shape index (κ3) is 4.23. The summed E-state index contributed by atoms with van der Waals surface area (Å²) in [7, 11) is 0. The van der Waals surface area contributed by atoms with Crippen LogP contribution in [0.1, 0.15) is 50.2 Å². The summed E-state index contributed by atoms with van der Waals surface area (Å²) in [5.74, 6) is -2.46. The molecule has 0 spiro atoms. The Hall–Kier alpha value is -2.17. The van der Waals surface area contributed by atoms with Crippen molar-refractivity contribution in [2.45, 2.75) is 45.2 Å². The van der Waals surface area contributed by atoms with E-state index >= 15 is 0 Å². The fraction of sp³-hybridized carbons (Fsp3) is 0.364. The van der Waals surface area contributed by atoms with E-state index in [1.54, 1.807) is 24.3 Å². The Labute approximate surface area is 155 Å². The molecule has 3 rings (SSSR count). The predicted molar refractivity (Wildman–Crippen MR) is 97.0 cm³/mol. The average molecular weight is 380 g/mol. The number of alkyl halides is 3. The van der Waals surface area contributed by atoms with Gasteiger partial charge in [-0.2, -0.15) is 13.2 Å². The number of benzene rings is 2. The van der Waals surface area contributed by atoms with Crippen LogP contribution in [0.25, 0.3) is 16.7 Å².